The predicted molar refractivity (Wildman–Crippen MR) is 94.9 cm³/mol. The average Bonchev–Trinajstić information content (AvgIpc) is 2.61. The molecule has 0 bridgehead atoms. The maximum atomic E-state index is 12.4. The molecule has 0 radical (unpaired) electrons. The summed E-state index contributed by atoms with van der Waals surface area (Å²) in [5.74, 6) is 1.04. The van der Waals surface area contributed by atoms with Gasteiger partial charge >= 0.3 is 0 Å². The van der Waals surface area contributed by atoms with Crippen LogP contribution in [0.15, 0.2) is 48.5 Å². The van der Waals surface area contributed by atoms with Crippen LogP contribution >= 0.6 is 0 Å². The molecular weight excluding hydrogens is 304 g/mol. The molecule has 2 aromatic carbocycles. The molecule has 0 heterocycles. The summed E-state index contributed by atoms with van der Waals surface area (Å²) in [7, 11) is 3.17. The van der Waals surface area contributed by atoms with Crippen molar-refractivity contribution >= 4 is 11.9 Å². The summed E-state index contributed by atoms with van der Waals surface area (Å²) >= 11 is 0. The van der Waals surface area contributed by atoms with Crippen molar-refractivity contribution in [3.05, 3.63) is 65.2 Å². The van der Waals surface area contributed by atoms with E-state index in [0.29, 0.717) is 30.3 Å². The predicted octanol–water partition coefficient (Wildman–Crippen LogP) is 3.92. The number of carbonyl (C=O) groups is 1. The molecule has 0 N–H and O–H groups in total. The van der Waals surface area contributed by atoms with Gasteiger partial charge in [-0.05, 0) is 42.3 Å². The van der Waals surface area contributed by atoms with Crippen LogP contribution in [0, 0.1) is 6.92 Å². The molecule has 0 saturated heterocycles. The van der Waals surface area contributed by atoms with Gasteiger partial charge in [0.2, 0.25) is 0 Å². The van der Waals surface area contributed by atoms with Crippen molar-refractivity contribution in [1.29, 1.82) is 0 Å². The maximum absolute atomic E-state index is 12.4. The van der Waals surface area contributed by atoms with E-state index in [1.54, 1.807) is 38.5 Å². The minimum atomic E-state index is -0.0833. The Morgan fingerprint density at radius 1 is 1.04 bits per heavy atom. The number of carbonyl (C=O) groups excluding carboxylic acids is 1. The number of hydrogen-bond donors (Lipinski definition) is 0. The summed E-state index contributed by atoms with van der Waals surface area (Å²) < 4.78 is 15.8. The molecular formula is C20H22O4. The van der Waals surface area contributed by atoms with Gasteiger partial charge in [0.1, 0.15) is 6.61 Å². The van der Waals surface area contributed by atoms with Gasteiger partial charge in [-0.25, -0.2) is 0 Å². The van der Waals surface area contributed by atoms with Gasteiger partial charge in [0.25, 0.3) is 0 Å². The van der Waals surface area contributed by atoms with Gasteiger partial charge in [-0.15, -0.1) is 0 Å². The Labute approximate surface area is 142 Å². The number of hydrogen-bond acceptors (Lipinski definition) is 4. The number of ether oxygens (including phenoxy) is 3. The van der Waals surface area contributed by atoms with Crippen molar-refractivity contribution in [2.75, 3.05) is 27.4 Å². The second-order valence-electron chi connectivity index (χ2n) is 5.26. The van der Waals surface area contributed by atoms with Crippen LogP contribution in [-0.4, -0.2) is 33.2 Å². The normalized spacial score (nSPS) is 10.8. The number of rotatable bonds is 8. The van der Waals surface area contributed by atoms with E-state index < -0.39 is 0 Å². The minimum Gasteiger partial charge on any atom is -0.493 e. The fraction of sp³-hybridized carbons (Fsp3) is 0.250. The molecule has 24 heavy (non-hydrogen) atoms. The Hall–Kier alpha value is -2.59. The lowest BCUT2D eigenvalue weighted by atomic mass is 10.1. The molecule has 4 heteroatoms. The Morgan fingerprint density at radius 2 is 1.83 bits per heavy atom. The third-order valence-corrected chi connectivity index (χ3v) is 3.60. The number of methoxy groups -OCH3 is 2. The Balaban J connectivity index is 2.13. The summed E-state index contributed by atoms with van der Waals surface area (Å²) in [5, 5.41) is 0. The molecule has 4 nitrogen and oxygen atoms in total. The fourth-order valence-electron chi connectivity index (χ4n) is 2.21. The van der Waals surface area contributed by atoms with Crippen LogP contribution in [0.2, 0.25) is 0 Å². The zero-order valence-corrected chi connectivity index (χ0v) is 14.2. The van der Waals surface area contributed by atoms with E-state index in [2.05, 4.69) is 0 Å². The van der Waals surface area contributed by atoms with Crippen molar-refractivity contribution in [3.8, 4) is 11.5 Å². The Morgan fingerprint density at radius 3 is 2.54 bits per heavy atom. The smallest absolute Gasteiger partial charge is 0.185 e. The van der Waals surface area contributed by atoms with E-state index in [0.717, 1.165) is 11.1 Å². The SMILES string of the molecule is COCCOc1ccc(C(=O)C=Cc2ccccc2C)cc1OC. The highest BCUT2D eigenvalue weighted by molar-refractivity contribution is 6.07. The second-order valence-corrected chi connectivity index (χ2v) is 5.26. The molecule has 0 fully saturated rings. The molecule has 0 spiro atoms. The first-order valence-electron chi connectivity index (χ1n) is 7.73. The highest BCUT2D eigenvalue weighted by Gasteiger charge is 2.09. The first-order valence-corrected chi connectivity index (χ1v) is 7.73. The summed E-state index contributed by atoms with van der Waals surface area (Å²) in [6.07, 6.45) is 3.40. The summed E-state index contributed by atoms with van der Waals surface area (Å²) in [4.78, 5) is 12.4. The van der Waals surface area contributed by atoms with Gasteiger partial charge in [0, 0.05) is 12.7 Å². The van der Waals surface area contributed by atoms with Crippen molar-refractivity contribution in [2.45, 2.75) is 6.92 Å². The topological polar surface area (TPSA) is 44.8 Å². The third kappa shape index (κ3) is 4.70. The van der Waals surface area contributed by atoms with E-state index in [1.807, 2.05) is 37.3 Å². The monoisotopic (exact) mass is 326 g/mol. The molecule has 2 aromatic rings. The van der Waals surface area contributed by atoms with Crippen molar-refractivity contribution in [1.82, 2.24) is 0 Å². The first-order chi connectivity index (χ1) is 11.7. The van der Waals surface area contributed by atoms with Gasteiger partial charge in [-0.1, -0.05) is 30.3 Å². The second kappa shape index (κ2) is 8.89. The largest absolute Gasteiger partial charge is 0.493 e. The number of aryl methyl sites for hydroxylation is 1. The quantitative estimate of drug-likeness (QED) is 0.419. The Bertz CT molecular complexity index is 719. The van der Waals surface area contributed by atoms with Gasteiger partial charge in [0.05, 0.1) is 13.7 Å². The molecule has 2 rings (SSSR count). The highest BCUT2D eigenvalue weighted by Crippen LogP contribution is 2.28. The van der Waals surface area contributed by atoms with Crippen LogP contribution in [0.1, 0.15) is 21.5 Å². The summed E-state index contributed by atoms with van der Waals surface area (Å²) in [5.41, 5.74) is 2.70. The van der Waals surface area contributed by atoms with E-state index in [-0.39, 0.29) is 5.78 Å². The highest BCUT2D eigenvalue weighted by atomic mass is 16.5. The molecule has 0 amide bonds. The van der Waals surface area contributed by atoms with Crippen LogP contribution in [0.25, 0.3) is 6.08 Å². The molecule has 0 atom stereocenters. The lowest BCUT2D eigenvalue weighted by Gasteiger charge is -2.11. The standard InChI is InChI=1S/C20H22O4/c1-15-6-4-5-7-16(15)8-10-18(21)17-9-11-19(20(14-17)23-3)24-13-12-22-2/h4-11,14H,12-13H2,1-3H3. The Kier molecular flexibility index (Phi) is 6.58. The van der Waals surface area contributed by atoms with E-state index in [1.165, 1.54) is 0 Å². The molecule has 0 unspecified atom stereocenters. The van der Waals surface area contributed by atoms with Gasteiger partial charge in [-0.2, -0.15) is 0 Å². The van der Waals surface area contributed by atoms with E-state index in [4.69, 9.17) is 14.2 Å². The molecule has 0 aliphatic heterocycles. The molecule has 0 aliphatic rings. The summed E-state index contributed by atoms with van der Waals surface area (Å²) in [6, 6.07) is 13.1. The van der Waals surface area contributed by atoms with Gasteiger partial charge in [0.15, 0.2) is 17.3 Å². The molecule has 0 aliphatic carbocycles. The maximum Gasteiger partial charge on any atom is 0.185 e. The van der Waals surface area contributed by atoms with Crippen LogP contribution in [0.5, 0.6) is 11.5 Å². The number of benzene rings is 2. The lowest BCUT2D eigenvalue weighted by Crippen LogP contribution is -2.06. The molecule has 0 saturated carbocycles. The number of allylic oxidation sites excluding steroid dienone is 1. The minimum absolute atomic E-state index is 0.0833. The van der Waals surface area contributed by atoms with Crippen LogP contribution < -0.4 is 9.47 Å². The van der Waals surface area contributed by atoms with Crippen LogP contribution in [-0.2, 0) is 4.74 Å². The summed E-state index contributed by atoms with van der Waals surface area (Å²) in [6.45, 7) is 2.93. The first kappa shape index (κ1) is 17.8. The third-order valence-electron chi connectivity index (χ3n) is 3.60. The zero-order chi connectivity index (χ0) is 17.4. The number of ketones is 1. The average molecular weight is 326 g/mol. The van der Waals surface area contributed by atoms with Crippen molar-refractivity contribution in [3.63, 3.8) is 0 Å². The fourth-order valence-corrected chi connectivity index (χ4v) is 2.21. The van der Waals surface area contributed by atoms with E-state index in [9.17, 15) is 4.79 Å². The van der Waals surface area contributed by atoms with E-state index >= 15 is 0 Å². The zero-order valence-electron chi connectivity index (χ0n) is 14.2. The lowest BCUT2D eigenvalue weighted by molar-refractivity contribution is 0.104. The van der Waals surface area contributed by atoms with Crippen LogP contribution in [0.3, 0.4) is 0 Å². The molecule has 126 valence electrons. The van der Waals surface area contributed by atoms with Gasteiger partial charge in [-0.3, -0.25) is 4.79 Å². The van der Waals surface area contributed by atoms with Crippen LogP contribution in [0.4, 0.5) is 0 Å². The van der Waals surface area contributed by atoms with Gasteiger partial charge < -0.3 is 14.2 Å². The van der Waals surface area contributed by atoms with Crippen molar-refractivity contribution < 1.29 is 19.0 Å². The molecule has 0 aromatic heterocycles. The van der Waals surface area contributed by atoms with Crippen molar-refractivity contribution in [2.24, 2.45) is 0 Å².